The van der Waals surface area contributed by atoms with Crippen molar-refractivity contribution in [3.8, 4) is 0 Å². The van der Waals surface area contributed by atoms with E-state index in [1.165, 1.54) is 0 Å². The molecular weight excluding hydrogens is 264 g/mol. The van der Waals surface area contributed by atoms with Gasteiger partial charge in [0.15, 0.2) is 0 Å². The SMILES string of the molecule is CSCC[C@@H](NC(=O)CCc1cccnc1)C(=O)O. The number of carboxylic acids is 1. The Bertz CT molecular complexity index is 412. The van der Waals surface area contributed by atoms with Crippen molar-refractivity contribution in [1.82, 2.24) is 10.3 Å². The van der Waals surface area contributed by atoms with Gasteiger partial charge in [-0.1, -0.05) is 6.07 Å². The minimum Gasteiger partial charge on any atom is -0.480 e. The molecule has 0 aliphatic heterocycles. The number of thioether (sulfide) groups is 1. The van der Waals surface area contributed by atoms with E-state index in [-0.39, 0.29) is 12.3 Å². The third-order valence-corrected chi connectivity index (χ3v) is 3.25. The number of aryl methyl sites for hydroxylation is 1. The van der Waals surface area contributed by atoms with Gasteiger partial charge in [-0.15, -0.1) is 0 Å². The molecule has 1 aromatic rings. The highest BCUT2D eigenvalue weighted by Crippen LogP contribution is 2.03. The van der Waals surface area contributed by atoms with E-state index in [2.05, 4.69) is 10.3 Å². The molecule has 5 nitrogen and oxygen atoms in total. The summed E-state index contributed by atoms with van der Waals surface area (Å²) in [5.74, 6) is -0.513. The Labute approximate surface area is 116 Å². The lowest BCUT2D eigenvalue weighted by molar-refractivity contribution is -0.141. The molecule has 19 heavy (non-hydrogen) atoms. The van der Waals surface area contributed by atoms with Gasteiger partial charge in [0.1, 0.15) is 6.04 Å². The molecule has 0 radical (unpaired) electrons. The van der Waals surface area contributed by atoms with E-state index >= 15 is 0 Å². The van der Waals surface area contributed by atoms with Crippen LogP contribution in [0.4, 0.5) is 0 Å². The Morgan fingerprint density at radius 1 is 1.53 bits per heavy atom. The summed E-state index contributed by atoms with van der Waals surface area (Å²) in [6.07, 6.45) is 6.56. The minimum atomic E-state index is -0.983. The summed E-state index contributed by atoms with van der Waals surface area (Å²) < 4.78 is 0. The predicted octanol–water partition coefficient (Wildman–Crippen LogP) is 1.34. The molecule has 0 fully saturated rings. The number of hydrogen-bond donors (Lipinski definition) is 2. The van der Waals surface area contributed by atoms with E-state index in [9.17, 15) is 9.59 Å². The van der Waals surface area contributed by atoms with Gasteiger partial charge in [0.05, 0.1) is 0 Å². The monoisotopic (exact) mass is 282 g/mol. The molecule has 0 bridgehead atoms. The zero-order valence-corrected chi connectivity index (χ0v) is 11.7. The number of carbonyl (C=O) groups is 2. The number of aliphatic carboxylic acids is 1. The number of aromatic nitrogens is 1. The first-order valence-corrected chi connectivity index (χ1v) is 7.43. The number of amides is 1. The quantitative estimate of drug-likeness (QED) is 0.752. The molecule has 0 saturated carbocycles. The molecule has 1 heterocycles. The van der Waals surface area contributed by atoms with Gasteiger partial charge in [0.25, 0.3) is 0 Å². The first-order chi connectivity index (χ1) is 9.13. The maximum atomic E-state index is 11.7. The second-order valence-electron chi connectivity index (χ2n) is 4.10. The molecule has 104 valence electrons. The number of rotatable bonds is 8. The Kier molecular flexibility index (Phi) is 6.95. The maximum absolute atomic E-state index is 11.7. The molecule has 0 unspecified atom stereocenters. The van der Waals surface area contributed by atoms with Crippen LogP contribution in [-0.4, -0.2) is 40.0 Å². The second-order valence-corrected chi connectivity index (χ2v) is 5.09. The van der Waals surface area contributed by atoms with Crippen LogP contribution in [0, 0.1) is 0 Å². The summed E-state index contributed by atoms with van der Waals surface area (Å²) in [6, 6.07) is 2.91. The van der Waals surface area contributed by atoms with Crippen molar-refractivity contribution in [3.05, 3.63) is 30.1 Å². The number of pyridine rings is 1. The average Bonchev–Trinajstić information content (AvgIpc) is 2.42. The van der Waals surface area contributed by atoms with E-state index in [1.54, 1.807) is 24.2 Å². The van der Waals surface area contributed by atoms with Crippen LogP contribution in [0.15, 0.2) is 24.5 Å². The molecular formula is C13H18N2O3S. The Hall–Kier alpha value is -1.56. The highest BCUT2D eigenvalue weighted by atomic mass is 32.2. The lowest BCUT2D eigenvalue weighted by Crippen LogP contribution is -2.41. The normalized spacial score (nSPS) is 11.8. The van der Waals surface area contributed by atoms with Crippen LogP contribution in [0.2, 0.25) is 0 Å². The summed E-state index contributed by atoms with van der Waals surface area (Å²) in [5.41, 5.74) is 0.966. The van der Waals surface area contributed by atoms with Gasteiger partial charge >= 0.3 is 5.97 Å². The zero-order chi connectivity index (χ0) is 14.1. The number of nitrogens with one attached hydrogen (secondary N) is 1. The molecule has 2 N–H and O–H groups in total. The fourth-order valence-corrected chi connectivity index (χ4v) is 2.03. The molecule has 0 aliphatic carbocycles. The van der Waals surface area contributed by atoms with Crippen LogP contribution < -0.4 is 5.32 Å². The third kappa shape index (κ3) is 6.24. The van der Waals surface area contributed by atoms with Crippen LogP contribution in [0.1, 0.15) is 18.4 Å². The molecule has 0 aliphatic rings. The van der Waals surface area contributed by atoms with Crippen molar-refractivity contribution < 1.29 is 14.7 Å². The van der Waals surface area contributed by atoms with E-state index in [1.807, 2.05) is 18.4 Å². The number of hydrogen-bond acceptors (Lipinski definition) is 4. The fourth-order valence-electron chi connectivity index (χ4n) is 1.56. The van der Waals surface area contributed by atoms with Crippen molar-refractivity contribution in [2.75, 3.05) is 12.0 Å². The van der Waals surface area contributed by atoms with Gasteiger partial charge in [-0.3, -0.25) is 9.78 Å². The van der Waals surface area contributed by atoms with Gasteiger partial charge < -0.3 is 10.4 Å². The Morgan fingerprint density at radius 3 is 2.89 bits per heavy atom. The number of carbonyl (C=O) groups excluding carboxylic acids is 1. The van der Waals surface area contributed by atoms with Gasteiger partial charge in [-0.2, -0.15) is 11.8 Å². The summed E-state index contributed by atoms with van der Waals surface area (Å²) in [5, 5.41) is 11.5. The van der Waals surface area contributed by atoms with Crippen molar-refractivity contribution in [1.29, 1.82) is 0 Å². The smallest absolute Gasteiger partial charge is 0.326 e. The van der Waals surface area contributed by atoms with Crippen molar-refractivity contribution in [2.45, 2.75) is 25.3 Å². The number of nitrogens with zero attached hydrogens (tertiary/aromatic N) is 1. The molecule has 0 spiro atoms. The van der Waals surface area contributed by atoms with Gasteiger partial charge in [-0.05, 0) is 36.5 Å². The first-order valence-electron chi connectivity index (χ1n) is 6.03. The summed E-state index contributed by atoms with van der Waals surface area (Å²) in [7, 11) is 0. The second kappa shape index (κ2) is 8.53. The first kappa shape index (κ1) is 15.5. The van der Waals surface area contributed by atoms with E-state index in [4.69, 9.17) is 5.11 Å². The Morgan fingerprint density at radius 2 is 2.32 bits per heavy atom. The Balaban J connectivity index is 2.38. The molecule has 0 aromatic carbocycles. The predicted molar refractivity (Wildman–Crippen MR) is 75.1 cm³/mol. The van der Waals surface area contributed by atoms with Crippen LogP contribution in [0.3, 0.4) is 0 Å². The highest BCUT2D eigenvalue weighted by Gasteiger charge is 2.18. The molecule has 1 rings (SSSR count). The van der Waals surface area contributed by atoms with Gasteiger partial charge in [-0.25, -0.2) is 4.79 Å². The number of carboxylic acid groups (broad SMARTS) is 1. The summed E-state index contributed by atoms with van der Waals surface area (Å²) in [4.78, 5) is 26.6. The van der Waals surface area contributed by atoms with Crippen molar-refractivity contribution >= 4 is 23.6 Å². The van der Waals surface area contributed by atoms with Gasteiger partial charge in [0.2, 0.25) is 5.91 Å². The molecule has 1 aromatic heterocycles. The van der Waals surface area contributed by atoms with Crippen LogP contribution in [0.25, 0.3) is 0 Å². The van der Waals surface area contributed by atoms with Gasteiger partial charge in [0, 0.05) is 18.8 Å². The third-order valence-electron chi connectivity index (χ3n) is 2.61. The van der Waals surface area contributed by atoms with Crippen molar-refractivity contribution in [3.63, 3.8) is 0 Å². The van der Waals surface area contributed by atoms with E-state index < -0.39 is 12.0 Å². The lowest BCUT2D eigenvalue weighted by atomic mass is 10.1. The summed E-state index contributed by atoms with van der Waals surface area (Å²) >= 11 is 1.56. The minimum absolute atomic E-state index is 0.239. The van der Waals surface area contributed by atoms with Crippen molar-refractivity contribution in [2.24, 2.45) is 0 Å². The zero-order valence-electron chi connectivity index (χ0n) is 10.8. The van der Waals surface area contributed by atoms with E-state index in [0.29, 0.717) is 18.6 Å². The van der Waals surface area contributed by atoms with Crippen LogP contribution in [0.5, 0.6) is 0 Å². The molecule has 1 atom stereocenters. The standard InChI is InChI=1S/C13H18N2O3S/c1-19-8-6-11(13(17)18)15-12(16)5-4-10-3-2-7-14-9-10/h2-3,7,9,11H,4-6,8H2,1H3,(H,15,16)(H,17,18)/t11-/m1/s1. The molecule has 6 heteroatoms. The van der Waals surface area contributed by atoms with Crippen LogP contribution in [-0.2, 0) is 16.0 Å². The molecule has 1 amide bonds. The average molecular weight is 282 g/mol. The lowest BCUT2D eigenvalue weighted by Gasteiger charge is -2.13. The largest absolute Gasteiger partial charge is 0.480 e. The molecule has 0 saturated heterocycles. The van der Waals surface area contributed by atoms with E-state index in [0.717, 1.165) is 5.56 Å². The maximum Gasteiger partial charge on any atom is 0.326 e. The summed E-state index contributed by atoms with van der Waals surface area (Å²) in [6.45, 7) is 0. The topological polar surface area (TPSA) is 79.3 Å². The highest BCUT2D eigenvalue weighted by molar-refractivity contribution is 7.98. The fraction of sp³-hybridized carbons (Fsp3) is 0.462. The van der Waals surface area contributed by atoms with Crippen LogP contribution >= 0.6 is 11.8 Å².